The molecular formula is C34H49N3O4S. The summed E-state index contributed by atoms with van der Waals surface area (Å²) in [6, 6.07) is 9.32. The van der Waals surface area contributed by atoms with Crippen molar-refractivity contribution in [3.8, 4) is 0 Å². The summed E-state index contributed by atoms with van der Waals surface area (Å²) in [5.74, 6) is -0.937. The Bertz CT molecular complexity index is 1110. The van der Waals surface area contributed by atoms with Gasteiger partial charge in [-0.2, -0.15) is 0 Å². The fraction of sp³-hybridized carbons (Fsp3) is 0.618. The number of aliphatic hydroxyl groups excluding tert-OH is 1. The van der Waals surface area contributed by atoms with Crippen molar-refractivity contribution in [1.82, 2.24) is 14.7 Å². The average Bonchev–Trinajstić information content (AvgIpc) is 3.58. The Balaban J connectivity index is 1.69. The second kappa shape index (κ2) is 14.7. The molecule has 3 fully saturated rings. The zero-order valence-electron chi connectivity index (χ0n) is 25.5. The standard InChI is InChI=1S/C34H49N3O4S/c1-5-8-13-20-35(18-6-2)33(41)30-34-25(4)23-27(42-34)28(29(34)32(40)37(30)21-14-10-15-22-38)31(39)36(19-7-3)24-26-16-11-9-12-17-26/h6-7,9,11-12,16-17,25,27-30,38H,2-3,5,8,10,13-15,18-24H2,1,4H3/t25?,27-,28+,29+,30?,34?/m1/s1. The fourth-order valence-corrected chi connectivity index (χ4v) is 9.88. The van der Waals surface area contributed by atoms with Crippen LogP contribution in [0.25, 0.3) is 0 Å². The number of fused-ring (bicyclic) bond motifs is 1. The molecule has 230 valence electrons. The van der Waals surface area contributed by atoms with Gasteiger partial charge in [0.25, 0.3) is 0 Å². The molecule has 1 spiro atoms. The molecular weight excluding hydrogens is 546 g/mol. The molecule has 1 aromatic rings. The van der Waals surface area contributed by atoms with Gasteiger partial charge in [0.15, 0.2) is 0 Å². The molecule has 3 heterocycles. The maximum atomic E-state index is 14.5. The Morgan fingerprint density at radius 1 is 1.05 bits per heavy atom. The van der Waals surface area contributed by atoms with Crippen LogP contribution in [0.3, 0.4) is 0 Å². The van der Waals surface area contributed by atoms with E-state index in [9.17, 15) is 19.5 Å². The first-order chi connectivity index (χ1) is 20.3. The SMILES string of the molecule is C=CCN(CCCCC)C(=O)C1N(CCCCCO)C(=O)[C@@H]2[C@@H](C(=O)N(CC=C)Cc3ccccc3)[C@H]3CC(C)C12S3. The van der Waals surface area contributed by atoms with Gasteiger partial charge in [0.05, 0.1) is 16.6 Å². The summed E-state index contributed by atoms with van der Waals surface area (Å²) in [5, 5.41) is 9.33. The van der Waals surface area contributed by atoms with E-state index in [-0.39, 0.29) is 35.5 Å². The minimum Gasteiger partial charge on any atom is -0.396 e. The highest BCUT2D eigenvalue weighted by molar-refractivity contribution is 8.02. The molecule has 1 N–H and O–H groups in total. The third-order valence-corrected chi connectivity index (χ3v) is 11.5. The van der Waals surface area contributed by atoms with Crippen molar-refractivity contribution in [2.45, 2.75) is 81.4 Å². The molecule has 4 rings (SSSR count). The number of carbonyl (C=O) groups excluding carboxylic acids is 3. The summed E-state index contributed by atoms with van der Waals surface area (Å²) in [6.45, 7) is 14.7. The quantitative estimate of drug-likeness (QED) is 0.205. The van der Waals surface area contributed by atoms with E-state index < -0.39 is 22.6 Å². The van der Waals surface area contributed by atoms with Crippen LogP contribution >= 0.6 is 11.8 Å². The van der Waals surface area contributed by atoms with E-state index in [0.29, 0.717) is 45.6 Å². The molecule has 42 heavy (non-hydrogen) atoms. The minimum atomic E-state index is -0.632. The molecule has 3 unspecified atom stereocenters. The Labute approximate surface area is 256 Å². The highest BCUT2D eigenvalue weighted by atomic mass is 32.2. The molecule has 3 amide bonds. The summed E-state index contributed by atoms with van der Waals surface area (Å²) < 4.78 is -0.632. The highest BCUT2D eigenvalue weighted by Gasteiger charge is 2.76. The first kappa shape index (κ1) is 32.3. The molecule has 6 atom stereocenters. The lowest BCUT2D eigenvalue weighted by atomic mass is 9.65. The van der Waals surface area contributed by atoms with E-state index in [4.69, 9.17) is 0 Å². The van der Waals surface area contributed by atoms with Gasteiger partial charge in [-0.05, 0) is 43.6 Å². The average molecular weight is 596 g/mol. The van der Waals surface area contributed by atoms with Crippen molar-refractivity contribution in [2.75, 3.05) is 32.8 Å². The van der Waals surface area contributed by atoms with Crippen LogP contribution in [-0.2, 0) is 20.9 Å². The monoisotopic (exact) mass is 595 g/mol. The lowest BCUT2D eigenvalue weighted by Gasteiger charge is -2.41. The van der Waals surface area contributed by atoms with Crippen LogP contribution in [0.1, 0.15) is 64.4 Å². The third kappa shape index (κ3) is 6.21. The minimum absolute atomic E-state index is 0.00400. The second-order valence-corrected chi connectivity index (χ2v) is 13.7. The van der Waals surface area contributed by atoms with Crippen LogP contribution in [-0.4, -0.2) is 86.4 Å². The lowest BCUT2D eigenvalue weighted by molar-refractivity contribution is -0.145. The van der Waals surface area contributed by atoms with Gasteiger partial charge in [-0.25, -0.2) is 0 Å². The molecule has 0 aromatic heterocycles. The first-order valence-corrected chi connectivity index (χ1v) is 16.7. The fourth-order valence-electron chi connectivity index (χ4n) is 7.47. The van der Waals surface area contributed by atoms with Crippen molar-refractivity contribution in [2.24, 2.45) is 17.8 Å². The smallest absolute Gasteiger partial charge is 0.247 e. The first-order valence-electron chi connectivity index (χ1n) is 15.8. The summed E-state index contributed by atoms with van der Waals surface area (Å²) >= 11 is 1.74. The largest absolute Gasteiger partial charge is 0.396 e. The number of nitrogens with zero attached hydrogens (tertiary/aromatic N) is 3. The number of unbranched alkanes of at least 4 members (excludes halogenated alkanes) is 4. The molecule has 1 aromatic carbocycles. The number of thioether (sulfide) groups is 1. The normalized spacial score (nSPS) is 27.6. The van der Waals surface area contributed by atoms with Crippen molar-refractivity contribution in [3.05, 3.63) is 61.2 Å². The van der Waals surface area contributed by atoms with Gasteiger partial charge in [0.2, 0.25) is 17.7 Å². The zero-order valence-corrected chi connectivity index (χ0v) is 26.3. The number of hydrogen-bond donors (Lipinski definition) is 1. The molecule has 3 aliphatic rings. The van der Waals surface area contributed by atoms with Crippen molar-refractivity contribution < 1.29 is 19.5 Å². The Hall–Kier alpha value is -2.58. The molecule has 7 nitrogen and oxygen atoms in total. The van der Waals surface area contributed by atoms with Gasteiger partial charge in [-0.15, -0.1) is 24.9 Å². The maximum absolute atomic E-state index is 14.5. The van der Waals surface area contributed by atoms with E-state index in [1.807, 2.05) is 45.0 Å². The lowest BCUT2D eigenvalue weighted by Crippen LogP contribution is -2.57. The highest BCUT2D eigenvalue weighted by Crippen LogP contribution is 2.69. The molecule has 3 aliphatic heterocycles. The molecule has 0 aliphatic carbocycles. The van der Waals surface area contributed by atoms with Crippen LogP contribution in [0, 0.1) is 17.8 Å². The predicted molar refractivity (Wildman–Crippen MR) is 170 cm³/mol. The molecule has 0 saturated carbocycles. The van der Waals surface area contributed by atoms with E-state index in [2.05, 4.69) is 27.0 Å². The summed E-state index contributed by atoms with van der Waals surface area (Å²) in [4.78, 5) is 48.9. The van der Waals surface area contributed by atoms with Gasteiger partial charge in [-0.1, -0.05) is 69.2 Å². The van der Waals surface area contributed by atoms with E-state index in [1.165, 1.54) is 0 Å². The Morgan fingerprint density at radius 2 is 1.76 bits per heavy atom. The van der Waals surface area contributed by atoms with Crippen molar-refractivity contribution in [3.63, 3.8) is 0 Å². The van der Waals surface area contributed by atoms with E-state index >= 15 is 0 Å². The summed E-state index contributed by atoms with van der Waals surface area (Å²) in [7, 11) is 0. The van der Waals surface area contributed by atoms with Gasteiger partial charge in [-0.3, -0.25) is 14.4 Å². The van der Waals surface area contributed by atoms with Crippen LogP contribution < -0.4 is 0 Å². The zero-order chi connectivity index (χ0) is 30.3. The van der Waals surface area contributed by atoms with Gasteiger partial charge in [0.1, 0.15) is 6.04 Å². The Kier molecular flexibility index (Phi) is 11.3. The predicted octanol–water partition coefficient (Wildman–Crippen LogP) is 4.91. The van der Waals surface area contributed by atoms with Gasteiger partial charge in [0, 0.05) is 44.6 Å². The number of hydrogen-bond acceptors (Lipinski definition) is 5. The second-order valence-electron chi connectivity index (χ2n) is 12.1. The molecule has 8 heteroatoms. The van der Waals surface area contributed by atoms with E-state index in [1.54, 1.807) is 23.9 Å². The van der Waals surface area contributed by atoms with Crippen LogP contribution in [0.5, 0.6) is 0 Å². The number of aliphatic hydroxyl groups is 1. The molecule has 2 bridgehead atoms. The van der Waals surface area contributed by atoms with Crippen molar-refractivity contribution in [1.29, 1.82) is 0 Å². The number of likely N-dealkylation sites (tertiary alicyclic amines) is 1. The van der Waals surface area contributed by atoms with Crippen molar-refractivity contribution >= 4 is 29.5 Å². The molecule has 3 saturated heterocycles. The van der Waals surface area contributed by atoms with Gasteiger partial charge < -0.3 is 19.8 Å². The van der Waals surface area contributed by atoms with Crippen LogP contribution in [0.15, 0.2) is 55.6 Å². The summed E-state index contributed by atoms with van der Waals surface area (Å²) in [6.07, 6.45) is 9.50. The van der Waals surface area contributed by atoms with Gasteiger partial charge >= 0.3 is 0 Å². The maximum Gasteiger partial charge on any atom is 0.247 e. The third-order valence-electron chi connectivity index (χ3n) is 9.39. The van der Waals surface area contributed by atoms with Crippen LogP contribution in [0.4, 0.5) is 0 Å². The number of rotatable bonds is 17. The van der Waals surface area contributed by atoms with E-state index in [0.717, 1.165) is 37.7 Å². The number of amides is 3. The summed E-state index contributed by atoms with van der Waals surface area (Å²) in [5.41, 5.74) is 1.04. The number of benzene rings is 1. The van der Waals surface area contributed by atoms with Crippen LogP contribution in [0.2, 0.25) is 0 Å². The topological polar surface area (TPSA) is 81.2 Å². The Morgan fingerprint density at radius 3 is 2.43 bits per heavy atom. The molecule has 0 radical (unpaired) electrons. The number of carbonyl (C=O) groups is 3.